The summed E-state index contributed by atoms with van der Waals surface area (Å²) < 4.78 is 1.57. The van der Waals surface area contributed by atoms with Crippen molar-refractivity contribution >= 4 is 29.1 Å². The maximum atomic E-state index is 12.2. The summed E-state index contributed by atoms with van der Waals surface area (Å²) in [7, 11) is 1.70. The topological polar surface area (TPSA) is 54.3 Å². The quantitative estimate of drug-likeness (QED) is 0.902. The van der Waals surface area contributed by atoms with Crippen LogP contribution in [0.5, 0.6) is 0 Å². The van der Waals surface area contributed by atoms with Crippen LogP contribution in [0, 0.1) is 5.92 Å². The van der Waals surface area contributed by atoms with Gasteiger partial charge in [-0.2, -0.15) is 0 Å². The van der Waals surface area contributed by atoms with Gasteiger partial charge in [-0.05, 0) is 18.9 Å². The van der Waals surface area contributed by atoms with Gasteiger partial charge in [0.15, 0.2) is 0 Å². The third kappa shape index (κ3) is 3.07. The second-order valence-electron chi connectivity index (χ2n) is 5.03. The molecule has 0 bridgehead atoms. The Kier molecular flexibility index (Phi) is 4.76. The van der Waals surface area contributed by atoms with Crippen LogP contribution in [-0.4, -0.2) is 28.2 Å². The number of carbonyl (C=O) groups is 1. The number of carbonyl (C=O) groups excluding carboxylic acids is 1. The van der Waals surface area contributed by atoms with Crippen molar-refractivity contribution < 1.29 is 9.90 Å². The van der Waals surface area contributed by atoms with Gasteiger partial charge in [-0.25, -0.2) is 0 Å². The Morgan fingerprint density at radius 2 is 2.16 bits per heavy atom. The molecule has 1 amide bonds. The van der Waals surface area contributed by atoms with E-state index in [4.69, 9.17) is 23.2 Å². The van der Waals surface area contributed by atoms with E-state index in [1.54, 1.807) is 17.7 Å². The number of amides is 1. The Morgan fingerprint density at radius 3 is 2.74 bits per heavy atom. The van der Waals surface area contributed by atoms with E-state index in [2.05, 4.69) is 5.32 Å². The Hall–Kier alpha value is -0.710. The molecule has 2 rings (SSSR count). The highest BCUT2D eigenvalue weighted by Crippen LogP contribution is 2.27. The zero-order valence-electron chi connectivity index (χ0n) is 10.8. The number of rotatable bonds is 3. The summed E-state index contributed by atoms with van der Waals surface area (Å²) in [6.07, 6.45) is 4.05. The Bertz CT molecular complexity index is 473. The fourth-order valence-electron chi connectivity index (χ4n) is 2.62. The molecule has 2 atom stereocenters. The molecule has 1 aliphatic carbocycles. The Balaban J connectivity index is 2.09. The molecule has 106 valence electrons. The smallest absolute Gasteiger partial charge is 0.268 e. The van der Waals surface area contributed by atoms with Gasteiger partial charge in [0.2, 0.25) is 0 Å². The summed E-state index contributed by atoms with van der Waals surface area (Å²) in [5.74, 6) is -0.0504. The normalized spacial score (nSPS) is 23.4. The van der Waals surface area contributed by atoms with Crippen LogP contribution in [0.4, 0.5) is 0 Å². The van der Waals surface area contributed by atoms with E-state index >= 15 is 0 Å². The van der Waals surface area contributed by atoms with Gasteiger partial charge in [0.25, 0.3) is 5.91 Å². The van der Waals surface area contributed by atoms with E-state index in [1.165, 1.54) is 0 Å². The molecule has 0 saturated heterocycles. The minimum Gasteiger partial charge on any atom is -0.396 e. The van der Waals surface area contributed by atoms with E-state index in [9.17, 15) is 9.90 Å². The number of halogens is 2. The van der Waals surface area contributed by atoms with Gasteiger partial charge in [0, 0.05) is 25.6 Å². The summed E-state index contributed by atoms with van der Waals surface area (Å²) in [4.78, 5) is 12.2. The monoisotopic (exact) mass is 304 g/mol. The van der Waals surface area contributed by atoms with Crippen molar-refractivity contribution in [2.75, 3.05) is 6.61 Å². The lowest BCUT2D eigenvalue weighted by atomic mass is 9.85. The van der Waals surface area contributed by atoms with Crippen LogP contribution in [-0.2, 0) is 7.05 Å². The maximum Gasteiger partial charge on any atom is 0.268 e. The molecule has 1 aromatic heterocycles. The van der Waals surface area contributed by atoms with E-state index < -0.39 is 0 Å². The maximum absolute atomic E-state index is 12.2. The highest BCUT2D eigenvalue weighted by atomic mass is 35.5. The lowest BCUT2D eigenvalue weighted by Gasteiger charge is -2.30. The fourth-order valence-corrected chi connectivity index (χ4v) is 2.99. The summed E-state index contributed by atoms with van der Waals surface area (Å²) in [6.45, 7) is 0.111. The first-order chi connectivity index (χ1) is 9.04. The van der Waals surface area contributed by atoms with Crippen LogP contribution in [0.1, 0.15) is 36.2 Å². The highest BCUT2D eigenvalue weighted by Gasteiger charge is 2.27. The van der Waals surface area contributed by atoms with Crippen LogP contribution >= 0.6 is 23.2 Å². The van der Waals surface area contributed by atoms with Crippen LogP contribution < -0.4 is 5.32 Å². The van der Waals surface area contributed by atoms with E-state index in [-0.39, 0.29) is 24.5 Å². The highest BCUT2D eigenvalue weighted by molar-refractivity contribution is 6.41. The molecule has 1 saturated carbocycles. The van der Waals surface area contributed by atoms with E-state index in [1.807, 2.05) is 0 Å². The average molecular weight is 305 g/mol. The Morgan fingerprint density at radius 1 is 1.47 bits per heavy atom. The fraction of sp³-hybridized carbons (Fsp3) is 0.615. The predicted octanol–water partition coefficient (Wildman–Crippen LogP) is 2.61. The van der Waals surface area contributed by atoms with Crippen LogP contribution in [0.2, 0.25) is 10.2 Å². The number of hydrogen-bond donors (Lipinski definition) is 2. The lowest BCUT2D eigenvalue weighted by Crippen LogP contribution is -2.43. The third-order valence-electron chi connectivity index (χ3n) is 3.81. The third-order valence-corrected chi connectivity index (χ3v) is 4.65. The Labute approximate surface area is 122 Å². The van der Waals surface area contributed by atoms with Gasteiger partial charge in [0.1, 0.15) is 10.8 Å². The molecule has 6 heteroatoms. The molecule has 1 fully saturated rings. The number of hydrogen-bond acceptors (Lipinski definition) is 2. The molecular weight excluding hydrogens is 287 g/mol. The molecule has 0 radical (unpaired) electrons. The van der Waals surface area contributed by atoms with Crippen LogP contribution in [0.25, 0.3) is 0 Å². The predicted molar refractivity (Wildman–Crippen MR) is 75.7 cm³/mol. The molecule has 0 aliphatic heterocycles. The van der Waals surface area contributed by atoms with Gasteiger partial charge in [-0.15, -0.1) is 0 Å². The van der Waals surface area contributed by atoms with Gasteiger partial charge >= 0.3 is 0 Å². The SMILES string of the molecule is Cn1c(C(=O)NC2CCCCC2CO)cc(Cl)c1Cl. The number of aliphatic hydroxyl groups is 1. The summed E-state index contributed by atoms with van der Waals surface area (Å²) >= 11 is 11.9. The van der Waals surface area contributed by atoms with Crippen molar-refractivity contribution in [3.05, 3.63) is 21.9 Å². The molecule has 1 aromatic rings. The van der Waals surface area contributed by atoms with Crippen molar-refractivity contribution in [2.24, 2.45) is 13.0 Å². The van der Waals surface area contributed by atoms with Gasteiger partial charge < -0.3 is 15.0 Å². The number of nitrogens with one attached hydrogen (secondary N) is 1. The molecule has 0 spiro atoms. The standard InChI is InChI=1S/C13H18Cl2N2O2/c1-17-11(6-9(14)12(17)15)13(19)16-10-5-3-2-4-8(10)7-18/h6,8,10,18H,2-5,7H2,1H3,(H,16,19). The molecular formula is C13H18Cl2N2O2. The van der Waals surface area contributed by atoms with Crippen LogP contribution in [0.3, 0.4) is 0 Å². The lowest BCUT2D eigenvalue weighted by molar-refractivity contribution is 0.0864. The molecule has 2 N–H and O–H groups in total. The summed E-state index contributed by atoms with van der Waals surface area (Å²) in [5, 5.41) is 13.1. The second-order valence-corrected chi connectivity index (χ2v) is 5.80. The average Bonchev–Trinajstić information content (AvgIpc) is 2.67. The minimum atomic E-state index is -0.193. The summed E-state index contributed by atoms with van der Waals surface area (Å²) in [6, 6.07) is 1.59. The molecule has 0 aromatic carbocycles. The number of aliphatic hydroxyl groups excluding tert-OH is 1. The molecule has 2 unspecified atom stereocenters. The molecule has 1 aliphatic rings. The van der Waals surface area contributed by atoms with E-state index in [0.717, 1.165) is 25.7 Å². The number of nitrogens with zero attached hydrogens (tertiary/aromatic N) is 1. The first kappa shape index (κ1) is 14.7. The summed E-state index contributed by atoms with van der Waals surface area (Å²) in [5.41, 5.74) is 0.442. The van der Waals surface area contributed by atoms with Gasteiger partial charge in [-0.1, -0.05) is 36.0 Å². The molecule has 19 heavy (non-hydrogen) atoms. The van der Waals surface area contributed by atoms with Crippen molar-refractivity contribution in [2.45, 2.75) is 31.7 Å². The van der Waals surface area contributed by atoms with Crippen molar-refractivity contribution in [1.29, 1.82) is 0 Å². The van der Waals surface area contributed by atoms with Gasteiger partial charge in [0.05, 0.1) is 5.02 Å². The van der Waals surface area contributed by atoms with Crippen molar-refractivity contribution in [1.82, 2.24) is 9.88 Å². The second kappa shape index (κ2) is 6.16. The molecule has 1 heterocycles. The van der Waals surface area contributed by atoms with Gasteiger partial charge in [-0.3, -0.25) is 4.79 Å². The van der Waals surface area contributed by atoms with E-state index in [0.29, 0.717) is 15.9 Å². The zero-order valence-corrected chi connectivity index (χ0v) is 12.3. The van der Waals surface area contributed by atoms with Crippen LogP contribution in [0.15, 0.2) is 6.07 Å². The minimum absolute atomic E-state index is 0.0266. The largest absolute Gasteiger partial charge is 0.396 e. The number of aromatic nitrogens is 1. The molecule has 4 nitrogen and oxygen atoms in total. The van der Waals surface area contributed by atoms with Crippen molar-refractivity contribution in [3.63, 3.8) is 0 Å². The first-order valence-corrected chi connectivity index (χ1v) is 7.22. The first-order valence-electron chi connectivity index (χ1n) is 6.47. The van der Waals surface area contributed by atoms with Crippen molar-refractivity contribution in [3.8, 4) is 0 Å². The zero-order chi connectivity index (χ0) is 14.0.